The zero-order valence-corrected chi connectivity index (χ0v) is 32.3. The van der Waals surface area contributed by atoms with E-state index < -0.39 is 17.8 Å². The predicted octanol–water partition coefficient (Wildman–Crippen LogP) is 5.03. The lowest BCUT2D eigenvalue weighted by Crippen LogP contribution is -2.52. The van der Waals surface area contributed by atoms with Crippen molar-refractivity contribution in [2.45, 2.75) is 82.5 Å². The highest BCUT2D eigenvalue weighted by Gasteiger charge is 2.41. The SMILES string of the molecule is N#Cc1ccc(OC2CCC(NC(=O)c3ccc(N4CCC(CN5CC=C(c6ccc7c(c6F)CN(C6CCC(=O)NC6=O)C7=O)CC5)CC4)nn3)CC2)cc1Cl. The van der Waals surface area contributed by atoms with E-state index in [1.807, 2.05) is 12.1 Å². The van der Waals surface area contributed by atoms with Crippen LogP contribution in [-0.2, 0) is 16.1 Å². The smallest absolute Gasteiger partial charge is 0.272 e. The normalized spacial score (nSPS) is 23.1. The molecule has 8 rings (SSSR count). The van der Waals surface area contributed by atoms with E-state index >= 15 is 4.39 Å². The number of nitriles is 1. The predicted molar refractivity (Wildman–Crippen MR) is 209 cm³/mol. The van der Waals surface area contributed by atoms with Crippen LogP contribution in [0.5, 0.6) is 5.75 Å². The van der Waals surface area contributed by atoms with Gasteiger partial charge >= 0.3 is 0 Å². The number of aromatic nitrogens is 2. The third kappa shape index (κ3) is 8.36. The average molecular weight is 795 g/mol. The van der Waals surface area contributed by atoms with Gasteiger partial charge in [-0.15, -0.1) is 10.2 Å². The molecule has 57 heavy (non-hydrogen) atoms. The summed E-state index contributed by atoms with van der Waals surface area (Å²) >= 11 is 6.14. The van der Waals surface area contributed by atoms with Gasteiger partial charge in [0.05, 0.1) is 23.2 Å². The quantitative estimate of drug-likeness (QED) is 0.282. The third-order valence-corrected chi connectivity index (χ3v) is 12.3. The number of piperidine rings is 2. The fourth-order valence-electron chi connectivity index (χ4n) is 8.74. The van der Waals surface area contributed by atoms with Gasteiger partial charge in [-0.05, 0) is 93.2 Å². The van der Waals surface area contributed by atoms with E-state index in [1.54, 1.807) is 36.4 Å². The van der Waals surface area contributed by atoms with Gasteiger partial charge in [-0.25, -0.2) is 4.39 Å². The van der Waals surface area contributed by atoms with Gasteiger partial charge in [-0.1, -0.05) is 23.7 Å². The van der Waals surface area contributed by atoms with Gasteiger partial charge in [0.1, 0.15) is 23.7 Å². The van der Waals surface area contributed by atoms with Crippen LogP contribution in [0, 0.1) is 23.1 Å². The Balaban J connectivity index is 0.770. The maximum absolute atomic E-state index is 15.9. The van der Waals surface area contributed by atoms with Gasteiger partial charge in [0.15, 0.2) is 11.5 Å². The molecule has 2 N–H and O–H groups in total. The van der Waals surface area contributed by atoms with Crippen molar-refractivity contribution in [2.75, 3.05) is 37.6 Å². The second-order valence-corrected chi connectivity index (χ2v) is 16.0. The van der Waals surface area contributed by atoms with Gasteiger partial charge in [-0.2, -0.15) is 5.26 Å². The Labute approximate surface area is 335 Å². The molecule has 0 bridgehead atoms. The van der Waals surface area contributed by atoms with Gasteiger partial charge in [0.2, 0.25) is 11.8 Å². The Morgan fingerprint density at radius 2 is 1.75 bits per heavy atom. The van der Waals surface area contributed by atoms with E-state index in [0.29, 0.717) is 52.0 Å². The number of nitrogens with zero attached hydrogens (tertiary/aromatic N) is 6. The van der Waals surface area contributed by atoms with Crippen LogP contribution in [0.1, 0.15) is 95.3 Å². The van der Waals surface area contributed by atoms with Crippen LogP contribution in [0.3, 0.4) is 0 Å². The van der Waals surface area contributed by atoms with E-state index in [1.165, 1.54) is 4.90 Å². The average Bonchev–Trinajstić information content (AvgIpc) is 3.56. The monoisotopic (exact) mass is 794 g/mol. The van der Waals surface area contributed by atoms with Crippen molar-refractivity contribution in [3.8, 4) is 11.8 Å². The van der Waals surface area contributed by atoms with E-state index in [2.05, 4.69) is 36.7 Å². The molecule has 296 valence electrons. The van der Waals surface area contributed by atoms with Gasteiger partial charge in [0, 0.05) is 67.9 Å². The summed E-state index contributed by atoms with van der Waals surface area (Å²) < 4.78 is 22.0. The highest BCUT2D eigenvalue weighted by molar-refractivity contribution is 6.31. The number of anilines is 1. The maximum atomic E-state index is 15.9. The number of rotatable bonds is 9. The number of nitrogens with one attached hydrogen (secondary N) is 2. The third-order valence-electron chi connectivity index (χ3n) is 12.0. The molecule has 4 amide bonds. The van der Waals surface area contributed by atoms with Crippen LogP contribution < -0.4 is 20.3 Å². The molecular formula is C42H44ClFN8O5. The molecule has 5 heterocycles. The minimum absolute atomic E-state index is 0.0148. The van der Waals surface area contributed by atoms with Crippen LogP contribution >= 0.6 is 11.6 Å². The Morgan fingerprint density at radius 1 is 0.965 bits per heavy atom. The number of hydrogen-bond donors (Lipinski definition) is 2. The molecule has 4 aliphatic heterocycles. The van der Waals surface area contributed by atoms with Crippen molar-refractivity contribution in [1.29, 1.82) is 5.26 Å². The molecule has 1 aromatic heterocycles. The van der Waals surface area contributed by atoms with Crippen LogP contribution in [0.25, 0.3) is 5.57 Å². The number of fused-ring (bicyclic) bond motifs is 1. The first-order valence-electron chi connectivity index (χ1n) is 19.8. The topological polar surface area (TPSA) is 161 Å². The van der Waals surface area contributed by atoms with E-state index in [-0.39, 0.29) is 54.8 Å². The van der Waals surface area contributed by atoms with Gasteiger partial charge in [0.25, 0.3) is 11.8 Å². The van der Waals surface area contributed by atoms with E-state index in [0.717, 1.165) is 76.1 Å². The van der Waals surface area contributed by atoms with Crippen LogP contribution in [-0.4, -0.2) is 94.5 Å². The second kappa shape index (κ2) is 16.6. The number of ether oxygens (including phenoxy) is 1. The fraction of sp³-hybridized carbons (Fsp3) is 0.452. The van der Waals surface area contributed by atoms with Crippen LogP contribution in [0.4, 0.5) is 10.2 Å². The number of benzene rings is 2. The molecule has 0 spiro atoms. The van der Waals surface area contributed by atoms with Crippen molar-refractivity contribution in [1.82, 2.24) is 30.6 Å². The molecule has 5 aliphatic rings. The Morgan fingerprint density at radius 3 is 2.44 bits per heavy atom. The lowest BCUT2D eigenvalue weighted by atomic mass is 9.92. The number of halogens is 2. The highest BCUT2D eigenvalue weighted by atomic mass is 35.5. The maximum Gasteiger partial charge on any atom is 0.272 e. The number of hydrogen-bond acceptors (Lipinski definition) is 10. The summed E-state index contributed by atoms with van der Waals surface area (Å²) in [5, 5.41) is 23.5. The van der Waals surface area contributed by atoms with Crippen LogP contribution in [0.15, 0.2) is 48.5 Å². The van der Waals surface area contributed by atoms with Crippen molar-refractivity contribution in [2.24, 2.45) is 5.92 Å². The molecule has 3 fully saturated rings. The Kier molecular flexibility index (Phi) is 11.2. The van der Waals surface area contributed by atoms with E-state index in [9.17, 15) is 19.2 Å². The molecule has 1 unspecified atom stereocenters. The zero-order valence-electron chi connectivity index (χ0n) is 31.5. The molecule has 3 aromatic rings. The molecule has 1 atom stereocenters. The van der Waals surface area contributed by atoms with Crippen LogP contribution in [0.2, 0.25) is 5.02 Å². The number of carbonyl (C=O) groups is 4. The molecule has 1 saturated carbocycles. The first kappa shape index (κ1) is 38.5. The van der Waals surface area contributed by atoms with Gasteiger partial charge < -0.3 is 19.9 Å². The zero-order chi connectivity index (χ0) is 39.6. The van der Waals surface area contributed by atoms with Crippen molar-refractivity contribution in [3.05, 3.63) is 87.3 Å². The minimum atomic E-state index is -0.777. The first-order valence-corrected chi connectivity index (χ1v) is 20.1. The molecule has 2 saturated heterocycles. The molecule has 13 nitrogen and oxygen atoms in total. The number of imide groups is 1. The van der Waals surface area contributed by atoms with Crippen molar-refractivity contribution >= 4 is 46.6 Å². The molecule has 0 radical (unpaired) electrons. The summed E-state index contributed by atoms with van der Waals surface area (Å²) in [5.41, 5.74) is 2.73. The highest BCUT2D eigenvalue weighted by Crippen LogP contribution is 2.35. The summed E-state index contributed by atoms with van der Waals surface area (Å²) in [6, 6.07) is 13.3. The Hall–Kier alpha value is -5.39. The number of amides is 4. The van der Waals surface area contributed by atoms with Gasteiger partial charge in [-0.3, -0.25) is 29.4 Å². The lowest BCUT2D eigenvalue weighted by Gasteiger charge is -2.36. The minimum Gasteiger partial charge on any atom is -0.490 e. The molecule has 15 heteroatoms. The van der Waals surface area contributed by atoms with Crippen molar-refractivity contribution in [3.63, 3.8) is 0 Å². The lowest BCUT2D eigenvalue weighted by molar-refractivity contribution is -0.136. The second-order valence-electron chi connectivity index (χ2n) is 15.6. The summed E-state index contributed by atoms with van der Waals surface area (Å²) in [6.45, 7) is 4.17. The standard InChI is InChI=1S/C42H44ClFN8O5/c43-34-21-30(4-1-27(34)22-45)57-29-5-2-28(3-6-29)46-40(54)35-9-11-37(49-48-35)51-19-13-25(14-20-51)23-50-17-15-26(16-18-50)31-7-8-32-33(39(31)44)24-52(42(32)56)36-10-12-38(53)47-41(36)55/h1,4,7-9,11,15,21,25,28-29,36H,2-3,5-6,10,12-14,16-20,23-24H2,(H,46,54)(H,47,53,55). The van der Waals surface area contributed by atoms with E-state index in [4.69, 9.17) is 21.6 Å². The largest absolute Gasteiger partial charge is 0.490 e. The summed E-state index contributed by atoms with van der Waals surface area (Å²) in [7, 11) is 0. The summed E-state index contributed by atoms with van der Waals surface area (Å²) in [4.78, 5) is 56.1. The Bertz CT molecular complexity index is 2140. The molecular weight excluding hydrogens is 751 g/mol. The first-order chi connectivity index (χ1) is 27.6. The molecule has 1 aliphatic carbocycles. The summed E-state index contributed by atoms with van der Waals surface area (Å²) in [6.07, 6.45) is 8.31. The molecule has 2 aromatic carbocycles. The number of carbonyl (C=O) groups excluding carboxylic acids is 4. The fourth-order valence-corrected chi connectivity index (χ4v) is 8.95. The summed E-state index contributed by atoms with van der Waals surface area (Å²) in [5.74, 6) is 0.0229. The van der Waals surface area contributed by atoms with Crippen molar-refractivity contribution < 1.29 is 28.3 Å².